The fraction of sp³-hybridized carbons (Fsp3) is 0.765. The molecule has 7 aliphatic rings. The van der Waals surface area contributed by atoms with Crippen LogP contribution in [0, 0.1) is 17.8 Å². The van der Waals surface area contributed by atoms with E-state index in [0.717, 1.165) is 82.4 Å². The third-order valence-electron chi connectivity index (χ3n) is 12.3. The van der Waals surface area contributed by atoms with Crippen LogP contribution in [0.15, 0.2) is 30.4 Å². The van der Waals surface area contributed by atoms with Crippen LogP contribution >= 0.6 is 0 Å². The van der Waals surface area contributed by atoms with Crippen molar-refractivity contribution in [1.29, 1.82) is 0 Å². The Balaban J connectivity index is 1.06. The van der Waals surface area contributed by atoms with E-state index >= 15 is 0 Å². The number of ketones is 1. The van der Waals surface area contributed by atoms with E-state index < -0.39 is 0 Å². The predicted octanol–water partition coefficient (Wildman–Crippen LogP) is 3.13. The molecule has 232 valence electrons. The Bertz CT molecular complexity index is 1220. The van der Waals surface area contributed by atoms with Gasteiger partial charge in [-0.3, -0.25) is 24.5 Å². The van der Waals surface area contributed by atoms with Gasteiger partial charge >= 0.3 is 0 Å². The fourth-order valence-electron chi connectivity index (χ4n) is 10.1. The van der Waals surface area contributed by atoms with E-state index in [0.29, 0.717) is 18.0 Å². The lowest BCUT2D eigenvalue weighted by Gasteiger charge is -2.61. The zero-order chi connectivity index (χ0) is 28.9. The van der Waals surface area contributed by atoms with Crippen molar-refractivity contribution in [1.82, 2.24) is 30.0 Å². The number of hydrogen-bond donors (Lipinski definition) is 1. The van der Waals surface area contributed by atoms with E-state index in [-0.39, 0.29) is 47.9 Å². The van der Waals surface area contributed by atoms with Crippen LogP contribution in [0.5, 0.6) is 0 Å². The Hall–Kier alpha value is -2.36. The molecule has 43 heavy (non-hydrogen) atoms. The average molecular weight is 589 g/mol. The molecule has 1 aromatic heterocycles. The minimum Gasteiger partial charge on any atom is -0.369 e. The third-order valence-corrected chi connectivity index (χ3v) is 12.3. The molecule has 1 N–H and O–H groups in total. The van der Waals surface area contributed by atoms with Gasteiger partial charge in [0.25, 0.3) is 5.91 Å². The summed E-state index contributed by atoms with van der Waals surface area (Å²) < 4.78 is 7.21. The summed E-state index contributed by atoms with van der Waals surface area (Å²) in [5, 5.41) is 3.12. The van der Waals surface area contributed by atoms with E-state index in [2.05, 4.69) is 30.0 Å². The van der Waals surface area contributed by atoms with Gasteiger partial charge in [0, 0.05) is 62.3 Å². The molecule has 0 aromatic carbocycles. The van der Waals surface area contributed by atoms with E-state index in [9.17, 15) is 9.59 Å². The number of amides is 1. The van der Waals surface area contributed by atoms with E-state index in [4.69, 9.17) is 4.74 Å². The Morgan fingerprint density at radius 1 is 0.953 bits per heavy atom. The quantitative estimate of drug-likeness (QED) is 0.507. The fourth-order valence-corrected chi connectivity index (χ4v) is 10.1. The van der Waals surface area contributed by atoms with Gasteiger partial charge in [-0.1, -0.05) is 25.7 Å². The van der Waals surface area contributed by atoms with Crippen molar-refractivity contribution in [3.8, 4) is 0 Å². The number of hydrogen-bond acceptors (Lipinski definition) is 8. The summed E-state index contributed by atoms with van der Waals surface area (Å²) in [4.78, 5) is 44.1. The van der Waals surface area contributed by atoms with Gasteiger partial charge in [-0.15, -0.1) is 0 Å². The van der Waals surface area contributed by atoms with Crippen LogP contribution in [-0.4, -0.2) is 106 Å². The van der Waals surface area contributed by atoms with Gasteiger partial charge in [-0.25, -0.2) is 0 Å². The second-order valence-corrected chi connectivity index (χ2v) is 14.5. The molecule has 8 rings (SSSR count). The number of fused-ring (bicyclic) bond motifs is 3. The van der Waals surface area contributed by atoms with Crippen LogP contribution in [0.25, 0.3) is 0 Å². The smallest absolute Gasteiger partial charge is 0.256 e. The molecule has 9 unspecified atom stereocenters. The molecule has 1 aromatic rings. The first-order chi connectivity index (χ1) is 21.1. The van der Waals surface area contributed by atoms with Crippen LogP contribution in [-0.2, 0) is 14.3 Å². The number of carbonyl (C=O) groups is 2. The molecule has 3 aliphatic carbocycles. The maximum Gasteiger partial charge on any atom is 0.256 e. The summed E-state index contributed by atoms with van der Waals surface area (Å²) in [5.41, 5.74) is 1.46. The Kier molecular flexibility index (Phi) is 7.76. The first kappa shape index (κ1) is 28.1. The second-order valence-electron chi connectivity index (χ2n) is 14.5. The van der Waals surface area contributed by atoms with Crippen molar-refractivity contribution in [2.75, 3.05) is 39.3 Å². The van der Waals surface area contributed by atoms with Gasteiger partial charge in [-0.2, -0.15) is 0 Å². The van der Waals surface area contributed by atoms with Crippen molar-refractivity contribution in [2.24, 2.45) is 17.8 Å². The molecule has 3 saturated carbocycles. The molecule has 0 spiro atoms. The van der Waals surface area contributed by atoms with Gasteiger partial charge < -0.3 is 19.9 Å². The summed E-state index contributed by atoms with van der Waals surface area (Å²) >= 11 is 0. The minimum absolute atomic E-state index is 0.0132. The van der Waals surface area contributed by atoms with Gasteiger partial charge in [0.15, 0.2) is 5.78 Å². The maximum absolute atomic E-state index is 14.1. The molecule has 9 nitrogen and oxygen atoms in total. The number of nitrogens with zero attached hydrogens (tertiary/aromatic N) is 5. The molecule has 4 aliphatic heterocycles. The molecule has 6 fully saturated rings. The van der Waals surface area contributed by atoms with Crippen LogP contribution < -0.4 is 5.32 Å². The van der Waals surface area contributed by atoms with Gasteiger partial charge in [-0.05, 0) is 76.4 Å². The van der Waals surface area contributed by atoms with E-state index in [1.54, 1.807) is 12.4 Å². The molecule has 0 bridgehead atoms. The summed E-state index contributed by atoms with van der Waals surface area (Å²) in [5.74, 6) is 1.57. The van der Waals surface area contributed by atoms with Crippen LogP contribution in [0.1, 0.15) is 82.2 Å². The lowest BCUT2D eigenvalue weighted by molar-refractivity contribution is -0.210. The van der Waals surface area contributed by atoms with Gasteiger partial charge in [0.05, 0.1) is 35.6 Å². The second kappa shape index (κ2) is 11.9. The Morgan fingerprint density at radius 3 is 2.60 bits per heavy atom. The van der Waals surface area contributed by atoms with E-state index in [1.165, 1.54) is 38.5 Å². The number of ether oxygens (including phenoxy) is 1. The first-order valence-corrected chi connectivity index (χ1v) is 17.3. The maximum atomic E-state index is 14.1. The Morgan fingerprint density at radius 2 is 1.79 bits per heavy atom. The largest absolute Gasteiger partial charge is 0.369 e. The molecular weight excluding hydrogens is 540 g/mol. The zero-order valence-electron chi connectivity index (χ0n) is 25.5. The molecule has 9 heteroatoms. The molecule has 9 atom stereocenters. The lowest BCUT2D eigenvalue weighted by atomic mass is 9.65. The predicted molar refractivity (Wildman–Crippen MR) is 162 cm³/mol. The number of nitrogens with one attached hydrogen (secondary N) is 1. The summed E-state index contributed by atoms with van der Waals surface area (Å²) in [6.07, 6.45) is 20.5. The number of carbonyl (C=O) groups excluding carboxylic acids is 2. The molecule has 1 amide bonds. The van der Waals surface area contributed by atoms with Crippen molar-refractivity contribution in [2.45, 2.75) is 107 Å². The topological polar surface area (TPSA) is 90.9 Å². The van der Waals surface area contributed by atoms with Crippen LogP contribution in [0.3, 0.4) is 0 Å². The van der Waals surface area contributed by atoms with Gasteiger partial charge in [0.1, 0.15) is 0 Å². The van der Waals surface area contributed by atoms with Crippen molar-refractivity contribution in [3.63, 3.8) is 0 Å². The standard InChI is InChI=1S/C34H48N6O3/c41-32-25-7-8-28(39-15-9-24(20-39)27-19-35-10-11-36-27)33-31(25)40(21-26(32)34(42)37-12-16-38-13-3-4-14-38)29-17-22-5-1-2-6-23(22)18-30(29)43-33/h10-11,19,21-25,28-31,33H,1-9,12-18,20H2,(H,37,42). The average Bonchev–Trinajstić information content (AvgIpc) is 3.75. The summed E-state index contributed by atoms with van der Waals surface area (Å²) in [6.45, 7) is 5.67. The highest BCUT2D eigenvalue weighted by Gasteiger charge is 2.58. The number of Topliss-reactive ketones (excluding diaryl/α,β-unsaturated/α-hetero) is 1. The van der Waals surface area contributed by atoms with E-state index in [1.807, 2.05) is 12.4 Å². The van der Waals surface area contributed by atoms with Crippen LogP contribution in [0.4, 0.5) is 0 Å². The molecular formula is C34H48N6O3. The molecule has 0 radical (unpaired) electrons. The minimum atomic E-state index is -0.179. The highest BCUT2D eigenvalue weighted by Crippen LogP contribution is 2.50. The van der Waals surface area contributed by atoms with Crippen molar-refractivity contribution < 1.29 is 14.3 Å². The highest BCUT2D eigenvalue weighted by atomic mass is 16.5. The molecule has 3 saturated heterocycles. The molecule has 5 heterocycles. The summed E-state index contributed by atoms with van der Waals surface area (Å²) in [7, 11) is 0. The van der Waals surface area contributed by atoms with Gasteiger partial charge in [0.2, 0.25) is 0 Å². The van der Waals surface area contributed by atoms with Crippen LogP contribution in [0.2, 0.25) is 0 Å². The zero-order valence-corrected chi connectivity index (χ0v) is 25.5. The summed E-state index contributed by atoms with van der Waals surface area (Å²) in [6, 6.07) is 0.560. The normalized spacial score (nSPS) is 39.5. The number of likely N-dealkylation sites (tertiary alicyclic amines) is 2. The number of rotatable bonds is 6. The number of aromatic nitrogens is 2. The first-order valence-electron chi connectivity index (χ1n) is 17.3. The number of morpholine rings is 1. The highest BCUT2D eigenvalue weighted by molar-refractivity contribution is 6.20. The Labute approximate surface area is 255 Å². The third kappa shape index (κ3) is 5.23. The lowest BCUT2D eigenvalue weighted by Crippen LogP contribution is -2.71. The SMILES string of the molecule is O=C(NCCN1CCCC1)C1=CN2C3CC4CCCCC4CC3OC3C(N4CCC(c5cnccn5)C4)CCC(C1=O)C32. The monoisotopic (exact) mass is 588 g/mol. The van der Waals surface area contributed by atoms with Crippen molar-refractivity contribution in [3.05, 3.63) is 36.1 Å². The van der Waals surface area contributed by atoms with Crippen molar-refractivity contribution >= 4 is 11.7 Å².